The average Bonchev–Trinajstić information content (AvgIpc) is 3.17. The first-order chi connectivity index (χ1) is 13.1. The highest BCUT2D eigenvalue weighted by atomic mass is 35.5. The first kappa shape index (κ1) is 19.1. The standard InChI is InChI=1S/C19H19ClN2O5/c1-2-26-19(24)12-3-5-14(6-4-12)22-17(23)13-9-16(20)18(21-10-13)27-15-7-8-25-11-15/h3-6,9-10,15H,2,7-8,11H2,1H3,(H,22,23)/t15-/m1/s1. The number of halogens is 1. The van der Waals surface area contributed by atoms with Gasteiger partial charge in [-0.05, 0) is 37.3 Å². The van der Waals surface area contributed by atoms with E-state index in [-0.39, 0.29) is 22.9 Å². The van der Waals surface area contributed by atoms with Crippen LogP contribution < -0.4 is 10.1 Å². The summed E-state index contributed by atoms with van der Waals surface area (Å²) < 4.78 is 15.8. The highest BCUT2D eigenvalue weighted by Crippen LogP contribution is 2.25. The number of amides is 1. The van der Waals surface area contributed by atoms with Crippen molar-refractivity contribution >= 4 is 29.2 Å². The van der Waals surface area contributed by atoms with Gasteiger partial charge in [-0.2, -0.15) is 0 Å². The topological polar surface area (TPSA) is 86.8 Å². The number of carbonyl (C=O) groups is 2. The number of rotatable bonds is 6. The van der Waals surface area contributed by atoms with Gasteiger partial charge in [0.05, 0.1) is 30.9 Å². The number of hydrogen-bond donors (Lipinski definition) is 1. The lowest BCUT2D eigenvalue weighted by Crippen LogP contribution is -2.17. The van der Waals surface area contributed by atoms with Gasteiger partial charge < -0.3 is 19.5 Å². The molecular weight excluding hydrogens is 372 g/mol. The summed E-state index contributed by atoms with van der Waals surface area (Å²) in [4.78, 5) is 28.2. The van der Waals surface area contributed by atoms with Gasteiger partial charge in [0, 0.05) is 18.3 Å². The zero-order valence-corrected chi connectivity index (χ0v) is 15.5. The van der Waals surface area contributed by atoms with Crippen molar-refractivity contribution in [2.75, 3.05) is 25.1 Å². The van der Waals surface area contributed by atoms with Crippen molar-refractivity contribution in [1.82, 2.24) is 4.98 Å². The molecule has 2 heterocycles. The van der Waals surface area contributed by atoms with Gasteiger partial charge in [-0.3, -0.25) is 4.79 Å². The molecule has 0 bridgehead atoms. The van der Waals surface area contributed by atoms with Gasteiger partial charge in [0.2, 0.25) is 5.88 Å². The largest absolute Gasteiger partial charge is 0.471 e. The molecule has 142 valence electrons. The second kappa shape index (κ2) is 8.83. The third-order valence-electron chi connectivity index (χ3n) is 3.89. The summed E-state index contributed by atoms with van der Waals surface area (Å²) in [6.07, 6.45) is 2.11. The molecule has 0 spiro atoms. The van der Waals surface area contributed by atoms with Crippen LogP contribution in [0.1, 0.15) is 34.1 Å². The van der Waals surface area contributed by atoms with E-state index in [1.165, 1.54) is 12.3 Å². The Bertz CT molecular complexity index is 819. The van der Waals surface area contributed by atoms with Crippen molar-refractivity contribution in [2.24, 2.45) is 0 Å². The van der Waals surface area contributed by atoms with E-state index in [2.05, 4.69) is 10.3 Å². The van der Waals surface area contributed by atoms with Crippen molar-refractivity contribution in [3.63, 3.8) is 0 Å². The van der Waals surface area contributed by atoms with Crippen LogP contribution in [0.2, 0.25) is 5.02 Å². The van der Waals surface area contributed by atoms with Crippen LogP contribution in [0.5, 0.6) is 5.88 Å². The number of anilines is 1. The summed E-state index contributed by atoms with van der Waals surface area (Å²) >= 11 is 6.18. The van der Waals surface area contributed by atoms with E-state index in [9.17, 15) is 9.59 Å². The third kappa shape index (κ3) is 4.96. The molecule has 1 amide bonds. The first-order valence-electron chi connectivity index (χ1n) is 8.55. The Balaban J connectivity index is 1.63. The zero-order valence-electron chi connectivity index (χ0n) is 14.7. The molecule has 0 unspecified atom stereocenters. The lowest BCUT2D eigenvalue weighted by molar-refractivity contribution is 0.0526. The molecule has 1 atom stereocenters. The quantitative estimate of drug-likeness (QED) is 0.761. The van der Waals surface area contributed by atoms with Gasteiger partial charge in [-0.25, -0.2) is 9.78 Å². The molecule has 1 saturated heterocycles. The molecule has 0 saturated carbocycles. The Morgan fingerprint density at radius 2 is 2.07 bits per heavy atom. The Hall–Kier alpha value is -2.64. The minimum absolute atomic E-state index is 0.0763. The SMILES string of the molecule is CCOC(=O)c1ccc(NC(=O)c2cnc(O[C@@H]3CCOC3)c(Cl)c2)cc1. The lowest BCUT2D eigenvalue weighted by Gasteiger charge is -2.12. The van der Waals surface area contributed by atoms with Crippen LogP contribution in [-0.4, -0.2) is 42.8 Å². The van der Waals surface area contributed by atoms with E-state index >= 15 is 0 Å². The number of benzene rings is 1. The molecule has 2 aromatic rings. The number of carbonyl (C=O) groups excluding carboxylic acids is 2. The predicted molar refractivity (Wildman–Crippen MR) is 99.5 cm³/mol. The van der Waals surface area contributed by atoms with Crippen LogP contribution in [0.3, 0.4) is 0 Å². The Morgan fingerprint density at radius 3 is 2.70 bits per heavy atom. The highest BCUT2D eigenvalue weighted by molar-refractivity contribution is 6.32. The molecule has 0 aliphatic carbocycles. The van der Waals surface area contributed by atoms with Gasteiger partial charge in [-0.1, -0.05) is 11.6 Å². The van der Waals surface area contributed by atoms with Crippen LogP contribution in [-0.2, 0) is 9.47 Å². The molecule has 1 N–H and O–H groups in total. The van der Waals surface area contributed by atoms with Gasteiger partial charge in [0.15, 0.2) is 0 Å². The molecule has 8 heteroatoms. The second-order valence-corrected chi connectivity index (χ2v) is 6.27. The number of aromatic nitrogens is 1. The summed E-state index contributed by atoms with van der Waals surface area (Å²) in [6, 6.07) is 7.91. The van der Waals surface area contributed by atoms with E-state index in [1.54, 1.807) is 31.2 Å². The fourth-order valence-electron chi connectivity index (χ4n) is 2.51. The molecule has 1 aliphatic rings. The maximum Gasteiger partial charge on any atom is 0.338 e. The normalized spacial score (nSPS) is 16.0. The van der Waals surface area contributed by atoms with Crippen LogP contribution >= 0.6 is 11.6 Å². The maximum atomic E-state index is 12.4. The molecule has 1 aliphatic heterocycles. The monoisotopic (exact) mass is 390 g/mol. The number of esters is 1. The molecule has 1 aromatic carbocycles. The van der Waals surface area contributed by atoms with Crippen LogP contribution in [0.4, 0.5) is 5.69 Å². The highest BCUT2D eigenvalue weighted by Gasteiger charge is 2.20. The molecule has 27 heavy (non-hydrogen) atoms. The molecule has 3 rings (SSSR count). The lowest BCUT2D eigenvalue weighted by atomic mass is 10.2. The number of nitrogens with one attached hydrogen (secondary N) is 1. The molecule has 1 aromatic heterocycles. The van der Waals surface area contributed by atoms with Crippen molar-refractivity contribution in [3.8, 4) is 5.88 Å². The Labute approximate surface area is 161 Å². The van der Waals surface area contributed by atoms with Gasteiger partial charge in [0.1, 0.15) is 11.1 Å². The molecule has 0 radical (unpaired) electrons. The number of pyridine rings is 1. The van der Waals surface area contributed by atoms with E-state index < -0.39 is 5.97 Å². The Morgan fingerprint density at radius 1 is 1.30 bits per heavy atom. The fraction of sp³-hybridized carbons (Fsp3) is 0.316. The van der Waals surface area contributed by atoms with E-state index in [4.69, 9.17) is 25.8 Å². The van der Waals surface area contributed by atoms with Crippen molar-refractivity contribution in [2.45, 2.75) is 19.4 Å². The third-order valence-corrected chi connectivity index (χ3v) is 4.16. The van der Waals surface area contributed by atoms with Gasteiger partial charge in [-0.15, -0.1) is 0 Å². The minimum atomic E-state index is -0.408. The molecular formula is C19H19ClN2O5. The van der Waals surface area contributed by atoms with E-state index in [1.807, 2.05) is 0 Å². The minimum Gasteiger partial charge on any atom is -0.471 e. The van der Waals surface area contributed by atoms with Crippen molar-refractivity contribution in [1.29, 1.82) is 0 Å². The number of ether oxygens (including phenoxy) is 3. The van der Waals surface area contributed by atoms with Crippen molar-refractivity contribution in [3.05, 3.63) is 52.7 Å². The van der Waals surface area contributed by atoms with Crippen LogP contribution in [0.15, 0.2) is 36.5 Å². The summed E-state index contributed by atoms with van der Waals surface area (Å²) in [5.41, 5.74) is 1.24. The zero-order chi connectivity index (χ0) is 19.2. The van der Waals surface area contributed by atoms with Gasteiger partial charge in [0.25, 0.3) is 5.91 Å². The molecule has 7 nitrogen and oxygen atoms in total. The summed E-state index contributed by atoms with van der Waals surface area (Å²) in [5, 5.41) is 2.98. The van der Waals surface area contributed by atoms with Crippen LogP contribution in [0.25, 0.3) is 0 Å². The summed E-state index contributed by atoms with van der Waals surface area (Å²) in [6.45, 7) is 3.20. The van der Waals surface area contributed by atoms with Crippen LogP contribution in [0, 0.1) is 0 Å². The van der Waals surface area contributed by atoms with Crippen molar-refractivity contribution < 1.29 is 23.8 Å². The number of hydrogen-bond acceptors (Lipinski definition) is 6. The smallest absolute Gasteiger partial charge is 0.338 e. The first-order valence-corrected chi connectivity index (χ1v) is 8.93. The van der Waals surface area contributed by atoms with Gasteiger partial charge >= 0.3 is 5.97 Å². The molecule has 1 fully saturated rings. The summed E-state index contributed by atoms with van der Waals surface area (Å²) in [7, 11) is 0. The second-order valence-electron chi connectivity index (χ2n) is 5.87. The average molecular weight is 391 g/mol. The van der Waals surface area contributed by atoms with E-state index in [0.717, 1.165) is 6.42 Å². The van der Waals surface area contributed by atoms with E-state index in [0.29, 0.717) is 36.6 Å². The fourth-order valence-corrected chi connectivity index (χ4v) is 2.72. The summed E-state index contributed by atoms with van der Waals surface area (Å²) in [5.74, 6) is -0.499. The number of nitrogens with zero attached hydrogens (tertiary/aromatic N) is 1. The maximum absolute atomic E-state index is 12.4. The predicted octanol–water partition coefficient (Wildman–Crippen LogP) is 3.33. The Kier molecular flexibility index (Phi) is 6.26.